The van der Waals surface area contributed by atoms with Crippen LogP contribution in [-0.4, -0.2) is 12.2 Å². The summed E-state index contributed by atoms with van der Waals surface area (Å²) in [5.41, 5.74) is 0.567. The average Bonchev–Trinajstić information content (AvgIpc) is 2.41. The maximum Gasteiger partial charge on any atom is 0.0847 e. The van der Waals surface area contributed by atoms with E-state index in [0.29, 0.717) is 17.6 Å². The second-order valence-corrected chi connectivity index (χ2v) is 4.12. The minimum atomic E-state index is 0.567. The third kappa shape index (κ3) is 0.983. The van der Waals surface area contributed by atoms with E-state index in [-0.39, 0.29) is 0 Å². The van der Waals surface area contributed by atoms with Crippen molar-refractivity contribution in [3.63, 3.8) is 0 Å². The Morgan fingerprint density at radius 2 is 2.11 bits per heavy atom. The van der Waals surface area contributed by atoms with E-state index in [1.54, 1.807) is 0 Å². The zero-order valence-electron chi connectivity index (χ0n) is 6.18. The lowest BCUT2D eigenvalue weighted by Gasteiger charge is -2.26. The average molecular weight is 126 g/mol. The molecule has 0 aromatic rings. The Hall–Kier alpha value is -0.0400. The maximum absolute atomic E-state index is 5.41. The standard InChI is InChI=1S/C8H14O/c1-8(2)4-3-6-7(5-8)9-6/h6-7H,3-5H2,1-2H3/t6-,7+/m1/s1. The highest BCUT2D eigenvalue weighted by molar-refractivity contribution is 4.95. The smallest absolute Gasteiger partial charge is 0.0847 e. The number of rotatable bonds is 0. The van der Waals surface area contributed by atoms with Gasteiger partial charge >= 0.3 is 0 Å². The van der Waals surface area contributed by atoms with E-state index >= 15 is 0 Å². The Labute approximate surface area is 56.4 Å². The quantitative estimate of drug-likeness (QED) is 0.452. The molecule has 1 aliphatic heterocycles. The number of epoxide rings is 1. The summed E-state index contributed by atoms with van der Waals surface area (Å²) in [5.74, 6) is 0. The van der Waals surface area contributed by atoms with Crippen molar-refractivity contribution in [2.45, 2.75) is 45.3 Å². The molecule has 2 rings (SSSR count). The minimum Gasteiger partial charge on any atom is -0.370 e. The van der Waals surface area contributed by atoms with Crippen LogP contribution in [0.1, 0.15) is 33.1 Å². The molecule has 0 aromatic carbocycles. The summed E-state index contributed by atoms with van der Waals surface area (Å²) in [4.78, 5) is 0. The summed E-state index contributed by atoms with van der Waals surface area (Å²) in [7, 11) is 0. The molecule has 0 aromatic heterocycles. The number of fused-ring (bicyclic) bond motifs is 1. The Kier molecular flexibility index (Phi) is 0.963. The zero-order chi connectivity index (χ0) is 6.48. The Bertz CT molecular complexity index is 129. The topological polar surface area (TPSA) is 12.5 Å². The van der Waals surface area contributed by atoms with E-state index < -0.39 is 0 Å². The molecule has 2 atom stereocenters. The van der Waals surface area contributed by atoms with E-state index in [2.05, 4.69) is 13.8 Å². The Morgan fingerprint density at radius 3 is 2.67 bits per heavy atom. The second kappa shape index (κ2) is 1.51. The number of hydrogen-bond donors (Lipinski definition) is 0. The molecule has 52 valence electrons. The monoisotopic (exact) mass is 126 g/mol. The van der Waals surface area contributed by atoms with Crippen molar-refractivity contribution in [3.05, 3.63) is 0 Å². The van der Waals surface area contributed by atoms with Gasteiger partial charge in [-0.05, 0) is 24.7 Å². The molecule has 0 N–H and O–H groups in total. The molecular formula is C8H14O. The molecule has 1 saturated carbocycles. The zero-order valence-corrected chi connectivity index (χ0v) is 6.18. The van der Waals surface area contributed by atoms with Crippen molar-refractivity contribution in [1.82, 2.24) is 0 Å². The normalized spacial score (nSPS) is 46.0. The summed E-state index contributed by atoms with van der Waals surface area (Å²) in [6.07, 6.45) is 5.26. The molecule has 0 unspecified atom stereocenters. The first-order valence-corrected chi connectivity index (χ1v) is 3.83. The predicted molar refractivity (Wildman–Crippen MR) is 36.3 cm³/mol. The maximum atomic E-state index is 5.41. The molecule has 0 spiro atoms. The van der Waals surface area contributed by atoms with Gasteiger partial charge in [-0.1, -0.05) is 13.8 Å². The van der Waals surface area contributed by atoms with Gasteiger partial charge in [0.25, 0.3) is 0 Å². The van der Waals surface area contributed by atoms with Crippen LogP contribution in [0.2, 0.25) is 0 Å². The third-order valence-corrected chi connectivity index (χ3v) is 2.55. The fourth-order valence-electron chi connectivity index (χ4n) is 1.79. The lowest BCUT2D eigenvalue weighted by atomic mass is 9.78. The van der Waals surface area contributed by atoms with Crippen molar-refractivity contribution in [3.8, 4) is 0 Å². The highest BCUT2D eigenvalue weighted by Crippen LogP contribution is 2.45. The number of ether oxygens (including phenoxy) is 1. The molecule has 1 heterocycles. The van der Waals surface area contributed by atoms with Gasteiger partial charge in [-0.15, -0.1) is 0 Å². The van der Waals surface area contributed by atoms with Crippen LogP contribution in [0.3, 0.4) is 0 Å². The molecule has 1 nitrogen and oxygen atoms in total. The van der Waals surface area contributed by atoms with Gasteiger partial charge in [0.1, 0.15) is 0 Å². The third-order valence-electron chi connectivity index (χ3n) is 2.55. The molecule has 2 fully saturated rings. The van der Waals surface area contributed by atoms with Crippen LogP contribution in [0.5, 0.6) is 0 Å². The van der Waals surface area contributed by atoms with Crippen molar-refractivity contribution in [2.24, 2.45) is 5.41 Å². The van der Waals surface area contributed by atoms with Crippen LogP contribution < -0.4 is 0 Å². The van der Waals surface area contributed by atoms with Crippen molar-refractivity contribution >= 4 is 0 Å². The van der Waals surface area contributed by atoms with Crippen molar-refractivity contribution in [2.75, 3.05) is 0 Å². The van der Waals surface area contributed by atoms with E-state index in [1.807, 2.05) is 0 Å². The van der Waals surface area contributed by atoms with Gasteiger partial charge in [0.15, 0.2) is 0 Å². The van der Waals surface area contributed by atoms with E-state index in [9.17, 15) is 0 Å². The van der Waals surface area contributed by atoms with Crippen LogP contribution in [0.25, 0.3) is 0 Å². The highest BCUT2D eigenvalue weighted by atomic mass is 16.6. The summed E-state index contributed by atoms with van der Waals surface area (Å²) in [6.45, 7) is 4.68. The van der Waals surface area contributed by atoms with Crippen LogP contribution in [0, 0.1) is 5.41 Å². The van der Waals surface area contributed by atoms with E-state index in [0.717, 1.165) is 0 Å². The minimum absolute atomic E-state index is 0.567. The van der Waals surface area contributed by atoms with Crippen molar-refractivity contribution in [1.29, 1.82) is 0 Å². The molecule has 0 radical (unpaired) electrons. The fraction of sp³-hybridized carbons (Fsp3) is 1.00. The Balaban J connectivity index is 2.01. The SMILES string of the molecule is CC1(C)CC[C@H]2O[C@H]2C1. The first kappa shape index (κ1) is 5.72. The summed E-state index contributed by atoms with van der Waals surface area (Å²) in [5, 5.41) is 0. The molecule has 1 heteroatoms. The molecule has 1 saturated heterocycles. The lowest BCUT2D eigenvalue weighted by Crippen LogP contribution is -2.20. The second-order valence-electron chi connectivity index (χ2n) is 4.12. The fourth-order valence-corrected chi connectivity index (χ4v) is 1.79. The van der Waals surface area contributed by atoms with Crippen LogP contribution >= 0.6 is 0 Å². The van der Waals surface area contributed by atoms with Gasteiger partial charge in [-0.2, -0.15) is 0 Å². The molecule has 1 aliphatic carbocycles. The predicted octanol–water partition coefficient (Wildman–Crippen LogP) is 1.96. The van der Waals surface area contributed by atoms with E-state index in [4.69, 9.17) is 4.74 Å². The Morgan fingerprint density at radius 1 is 1.33 bits per heavy atom. The van der Waals surface area contributed by atoms with Gasteiger partial charge in [0.2, 0.25) is 0 Å². The van der Waals surface area contributed by atoms with E-state index in [1.165, 1.54) is 19.3 Å². The molecular weight excluding hydrogens is 112 g/mol. The van der Waals surface area contributed by atoms with Gasteiger partial charge < -0.3 is 4.74 Å². The summed E-state index contributed by atoms with van der Waals surface area (Å²) < 4.78 is 5.41. The largest absolute Gasteiger partial charge is 0.370 e. The van der Waals surface area contributed by atoms with Gasteiger partial charge in [-0.3, -0.25) is 0 Å². The van der Waals surface area contributed by atoms with Gasteiger partial charge in [0, 0.05) is 0 Å². The lowest BCUT2D eigenvalue weighted by molar-refractivity contribution is 0.264. The first-order valence-electron chi connectivity index (χ1n) is 3.83. The molecule has 2 aliphatic rings. The highest BCUT2D eigenvalue weighted by Gasteiger charge is 2.46. The van der Waals surface area contributed by atoms with Gasteiger partial charge in [0.05, 0.1) is 12.2 Å². The summed E-state index contributed by atoms with van der Waals surface area (Å²) >= 11 is 0. The molecule has 9 heavy (non-hydrogen) atoms. The molecule has 0 amide bonds. The van der Waals surface area contributed by atoms with Crippen LogP contribution in [0.15, 0.2) is 0 Å². The summed E-state index contributed by atoms with van der Waals surface area (Å²) in [6, 6.07) is 0. The number of hydrogen-bond acceptors (Lipinski definition) is 1. The molecule has 0 bridgehead atoms. The first-order chi connectivity index (χ1) is 4.17. The van der Waals surface area contributed by atoms with Crippen LogP contribution in [-0.2, 0) is 4.74 Å². The van der Waals surface area contributed by atoms with Crippen LogP contribution in [0.4, 0.5) is 0 Å². The van der Waals surface area contributed by atoms with Crippen molar-refractivity contribution < 1.29 is 4.74 Å². The van der Waals surface area contributed by atoms with Gasteiger partial charge in [-0.25, -0.2) is 0 Å².